The first-order valence-corrected chi connectivity index (χ1v) is 11.4. The van der Waals surface area contributed by atoms with Gasteiger partial charge in [-0.2, -0.15) is 0 Å². The first-order valence-electron chi connectivity index (χ1n) is 10.6. The van der Waals surface area contributed by atoms with Gasteiger partial charge in [-0.05, 0) is 36.8 Å². The summed E-state index contributed by atoms with van der Waals surface area (Å²) in [4.78, 5) is 41.2. The van der Waals surface area contributed by atoms with E-state index >= 15 is 0 Å². The lowest BCUT2D eigenvalue weighted by Crippen LogP contribution is -2.23. The molecule has 0 saturated carbocycles. The zero-order valence-corrected chi connectivity index (χ0v) is 19.8. The summed E-state index contributed by atoms with van der Waals surface area (Å²) in [6, 6.07) is 9.51. The highest BCUT2D eigenvalue weighted by Crippen LogP contribution is 2.25. The number of benzene rings is 1. The summed E-state index contributed by atoms with van der Waals surface area (Å²) in [7, 11) is 0. The van der Waals surface area contributed by atoms with Crippen LogP contribution in [0.25, 0.3) is 10.9 Å². The Bertz CT molecular complexity index is 1320. The van der Waals surface area contributed by atoms with E-state index in [2.05, 4.69) is 46.5 Å². The van der Waals surface area contributed by atoms with E-state index < -0.39 is 0 Å². The highest BCUT2D eigenvalue weighted by atomic mass is 79.9. The van der Waals surface area contributed by atoms with E-state index in [-0.39, 0.29) is 18.1 Å². The summed E-state index contributed by atoms with van der Waals surface area (Å²) in [6.45, 7) is 1.27. The summed E-state index contributed by atoms with van der Waals surface area (Å²) < 4.78 is 2.88. The van der Waals surface area contributed by atoms with Gasteiger partial charge in [0.25, 0.3) is 0 Å². The quantitative estimate of drug-likeness (QED) is 0.243. The number of hydrogen-bond acceptors (Lipinski definition) is 7. The molecule has 0 aliphatic rings. The molecule has 0 spiro atoms. The molecule has 10 heteroatoms. The largest absolute Gasteiger partial charge is 0.352 e. The lowest BCUT2D eigenvalue weighted by atomic mass is 10.1. The van der Waals surface area contributed by atoms with Gasteiger partial charge in [-0.25, -0.2) is 15.0 Å². The van der Waals surface area contributed by atoms with Crippen LogP contribution < -0.4 is 10.6 Å². The first kappa shape index (κ1) is 23.2. The first-order chi connectivity index (χ1) is 16.6. The smallest absolute Gasteiger partial charge is 0.244 e. The molecule has 0 aliphatic heterocycles. The fourth-order valence-corrected chi connectivity index (χ4v) is 3.66. The van der Waals surface area contributed by atoms with Gasteiger partial charge in [-0.1, -0.05) is 22.0 Å². The second kappa shape index (κ2) is 11.3. The van der Waals surface area contributed by atoms with Crippen LogP contribution in [0.5, 0.6) is 0 Å². The van der Waals surface area contributed by atoms with Crippen LogP contribution in [0.1, 0.15) is 12.1 Å². The number of hydrogen-bond donors (Lipinski definition) is 2. The van der Waals surface area contributed by atoms with Crippen molar-refractivity contribution in [2.24, 2.45) is 0 Å². The molecule has 9 nitrogen and oxygen atoms in total. The molecule has 0 bridgehead atoms. The predicted molar refractivity (Wildman–Crippen MR) is 132 cm³/mol. The maximum absolute atomic E-state index is 12.4. The molecule has 0 atom stereocenters. The fraction of sp³-hybridized carbons (Fsp3) is 0.167. The van der Waals surface area contributed by atoms with E-state index in [9.17, 15) is 9.59 Å². The summed E-state index contributed by atoms with van der Waals surface area (Å²) in [5.74, 6) is 0.0861. The molecule has 0 fully saturated rings. The fourth-order valence-electron chi connectivity index (χ4n) is 3.26. The molecule has 0 aliphatic carbocycles. The molecule has 0 unspecified atom stereocenters. The lowest BCUT2D eigenvalue weighted by molar-refractivity contribution is -0.117. The molecule has 4 rings (SSSR count). The van der Waals surface area contributed by atoms with Gasteiger partial charge in [0.2, 0.25) is 5.91 Å². The number of carbonyl (C=O) groups is 2. The molecule has 1 aromatic carbocycles. The number of aryl methyl sites for hydroxylation is 1. The van der Waals surface area contributed by atoms with E-state index in [0.29, 0.717) is 23.6 Å². The van der Waals surface area contributed by atoms with E-state index in [1.54, 1.807) is 24.8 Å². The van der Waals surface area contributed by atoms with Crippen molar-refractivity contribution in [3.63, 3.8) is 0 Å². The molecular weight excluding hydrogens is 498 g/mol. The molecule has 0 saturated heterocycles. The van der Waals surface area contributed by atoms with Crippen LogP contribution in [0.2, 0.25) is 0 Å². The number of aromatic nitrogens is 5. The van der Waals surface area contributed by atoms with Crippen molar-refractivity contribution in [1.29, 1.82) is 0 Å². The van der Waals surface area contributed by atoms with Crippen LogP contribution in [0.15, 0.2) is 78.2 Å². The molecule has 2 N–H and O–H groups in total. The second-order valence-electron chi connectivity index (χ2n) is 7.47. The average molecular weight is 520 g/mol. The number of rotatable bonds is 10. The zero-order chi connectivity index (χ0) is 23.8. The second-order valence-corrected chi connectivity index (χ2v) is 8.39. The van der Waals surface area contributed by atoms with Crippen LogP contribution in [0.4, 0.5) is 11.5 Å². The normalized spacial score (nSPS) is 11.1. The highest BCUT2D eigenvalue weighted by Gasteiger charge is 2.09. The number of halogens is 1. The number of amides is 1. The maximum atomic E-state index is 12.4. The summed E-state index contributed by atoms with van der Waals surface area (Å²) >= 11 is 3.46. The minimum Gasteiger partial charge on any atom is -0.352 e. The van der Waals surface area contributed by atoms with Crippen LogP contribution in [-0.2, 0) is 22.6 Å². The molecule has 0 radical (unpaired) electrons. The van der Waals surface area contributed by atoms with Crippen LogP contribution in [0, 0.1) is 0 Å². The molecule has 1 amide bonds. The summed E-state index contributed by atoms with van der Waals surface area (Å²) in [5.41, 5.74) is 2.09. The molecule has 3 heterocycles. The van der Waals surface area contributed by atoms with Crippen molar-refractivity contribution in [3.05, 3.63) is 83.9 Å². The van der Waals surface area contributed by atoms with Crippen molar-refractivity contribution in [1.82, 2.24) is 29.8 Å². The Labute approximate surface area is 204 Å². The Balaban J connectivity index is 1.34. The Morgan fingerprint density at radius 3 is 2.85 bits per heavy atom. The number of pyridine rings is 1. The molecule has 4 aromatic rings. The Hall–Kier alpha value is -3.92. The number of nitrogens with zero attached hydrogens (tertiary/aromatic N) is 5. The minimum absolute atomic E-state index is 0.0611. The average Bonchev–Trinajstić information content (AvgIpc) is 3.35. The van der Waals surface area contributed by atoms with Gasteiger partial charge in [0.05, 0.1) is 24.5 Å². The number of carbonyl (C=O) groups excluding carboxylic acids is 2. The number of fused-ring (bicyclic) bond motifs is 1. The van der Waals surface area contributed by atoms with E-state index in [0.717, 1.165) is 28.5 Å². The van der Waals surface area contributed by atoms with Crippen molar-refractivity contribution < 1.29 is 9.59 Å². The standard InChI is InChI=1S/C24H22BrN7O2/c25-17-3-1-4-18(11-17)31-24-21-13-19(28-14-22(21)29-15-30-24)12-20(33)5-6-23(34)27-7-2-9-32-10-8-26-16-32/h1,3-6,8,10-11,13-16H,2,7,9,12H2,(H,27,34)(H,29,30,31)/b6-5+. The van der Waals surface area contributed by atoms with Crippen molar-refractivity contribution in [2.75, 3.05) is 11.9 Å². The van der Waals surface area contributed by atoms with Gasteiger partial charge in [0.15, 0.2) is 5.78 Å². The Morgan fingerprint density at radius 2 is 2.03 bits per heavy atom. The molecule has 34 heavy (non-hydrogen) atoms. The summed E-state index contributed by atoms with van der Waals surface area (Å²) in [6.07, 6.45) is 11.7. The monoisotopic (exact) mass is 519 g/mol. The number of allylic oxidation sites excluding steroid dienone is 1. The number of anilines is 2. The Kier molecular flexibility index (Phi) is 7.71. The van der Waals surface area contributed by atoms with Gasteiger partial charge < -0.3 is 15.2 Å². The van der Waals surface area contributed by atoms with Crippen LogP contribution in [0.3, 0.4) is 0 Å². The maximum Gasteiger partial charge on any atom is 0.244 e. The van der Waals surface area contributed by atoms with Gasteiger partial charge in [-0.15, -0.1) is 0 Å². The molecule has 3 aromatic heterocycles. The van der Waals surface area contributed by atoms with Crippen molar-refractivity contribution in [3.8, 4) is 0 Å². The number of imidazole rings is 1. The third-order valence-corrected chi connectivity index (χ3v) is 5.39. The number of nitrogens with one attached hydrogen (secondary N) is 2. The van der Waals surface area contributed by atoms with Crippen molar-refractivity contribution in [2.45, 2.75) is 19.4 Å². The molecule has 172 valence electrons. The van der Waals surface area contributed by atoms with Crippen LogP contribution >= 0.6 is 15.9 Å². The van der Waals surface area contributed by atoms with Gasteiger partial charge in [-0.3, -0.25) is 14.6 Å². The van der Waals surface area contributed by atoms with E-state index in [1.165, 1.54) is 18.5 Å². The van der Waals surface area contributed by atoms with Gasteiger partial charge in [0, 0.05) is 52.8 Å². The third kappa shape index (κ3) is 6.55. The van der Waals surface area contributed by atoms with E-state index in [4.69, 9.17) is 0 Å². The highest BCUT2D eigenvalue weighted by molar-refractivity contribution is 9.10. The molecular formula is C24H22BrN7O2. The van der Waals surface area contributed by atoms with Gasteiger partial charge >= 0.3 is 0 Å². The topological polar surface area (TPSA) is 115 Å². The van der Waals surface area contributed by atoms with E-state index in [1.807, 2.05) is 35.0 Å². The van der Waals surface area contributed by atoms with Crippen molar-refractivity contribution >= 4 is 50.0 Å². The predicted octanol–water partition coefficient (Wildman–Crippen LogP) is 3.60. The lowest BCUT2D eigenvalue weighted by Gasteiger charge is -2.09. The minimum atomic E-state index is -0.306. The summed E-state index contributed by atoms with van der Waals surface area (Å²) in [5, 5.41) is 6.79. The van der Waals surface area contributed by atoms with Gasteiger partial charge in [0.1, 0.15) is 12.1 Å². The third-order valence-electron chi connectivity index (χ3n) is 4.89. The SMILES string of the molecule is O=C(/C=C/C(=O)NCCCn1ccnc1)Cc1cc2c(Nc3cccc(Br)c3)ncnc2cn1. The zero-order valence-electron chi connectivity index (χ0n) is 18.2. The Morgan fingerprint density at radius 1 is 1.12 bits per heavy atom. The number of ketones is 1. The van der Waals surface area contributed by atoms with Crippen LogP contribution in [-0.4, -0.2) is 42.7 Å².